The minimum absolute atomic E-state index is 0.205. The van der Waals surface area contributed by atoms with Crippen LogP contribution < -0.4 is 10.2 Å². The first-order valence-electron chi connectivity index (χ1n) is 7.18. The Morgan fingerprint density at radius 1 is 1.44 bits per heavy atom. The molecule has 0 saturated carbocycles. The summed E-state index contributed by atoms with van der Waals surface area (Å²) in [5, 5.41) is 16.6. The van der Waals surface area contributed by atoms with Gasteiger partial charge in [-0.1, -0.05) is 27.8 Å². The van der Waals surface area contributed by atoms with Crippen LogP contribution in [-0.4, -0.2) is 39.1 Å². The Morgan fingerprint density at radius 3 is 2.60 bits per heavy atom. The van der Waals surface area contributed by atoms with Crippen LogP contribution in [0.4, 0.5) is 19.1 Å². The second kappa shape index (κ2) is 9.62. The number of hydrogen-bond donors (Lipinski definition) is 2. The van der Waals surface area contributed by atoms with Gasteiger partial charge in [0.15, 0.2) is 6.54 Å². The van der Waals surface area contributed by atoms with E-state index in [0.29, 0.717) is 22.9 Å². The first-order chi connectivity index (χ1) is 11.6. The lowest BCUT2D eigenvalue weighted by Crippen LogP contribution is -2.27. The van der Waals surface area contributed by atoms with Gasteiger partial charge in [0.1, 0.15) is 18.5 Å². The Hall–Kier alpha value is -1.01. The number of rotatable bonds is 11. The van der Waals surface area contributed by atoms with Crippen molar-refractivity contribution in [2.75, 3.05) is 18.4 Å². The topological polar surface area (TPSA) is 111 Å². The molecular formula is C11H18BrF3N5O4P. The quantitative estimate of drug-likeness (QED) is 0.230. The number of aromatic nitrogens is 2. The van der Waals surface area contributed by atoms with E-state index in [1.54, 1.807) is 0 Å². The van der Waals surface area contributed by atoms with Gasteiger partial charge in [-0.05, 0) is 11.3 Å². The largest absolute Gasteiger partial charge is 0.435 e. The van der Waals surface area contributed by atoms with Crippen LogP contribution in [0.5, 0.6) is 0 Å². The molecule has 0 aliphatic heterocycles. The summed E-state index contributed by atoms with van der Waals surface area (Å²) in [6.07, 6.45) is -3.13. The molecule has 1 rings (SSSR count). The molecule has 9 nitrogen and oxygen atoms in total. The van der Waals surface area contributed by atoms with Crippen molar-refractivity contribution in [1.29, 1.82) is 0 Å². The molecule has 1 heterocycles. The van der Waals surface area contributed by atoms with Crippen molar-refractivity contribution in [2.24, 2.45) is 0 Å². The molecule has 0 bridgehead atoms. The van der Waals surface area contributed by atoms with Crippen molar-refractivity contribution in [1.82, 2.24) is 19.7 Å². The van der Waals surface area contributed by atoms with Gasteiger partial charge in [0.25, 0.3) is 0 Å². The normalized spacial score (nSPS) is 14.4. The van der Waals surface area contributed by atoms with Crippen LogP contribution in [0, 0.1) is 10.1 Å². The zero-order chi connectivity index (χ0) is 19.1. The molecule has 0 aliphatic rings. The van der Waals surface area contributed by atoms with Crippen molar-refractivity contribution in [2.45, 2.75) is 32.7 Å². The molecule has 1 aromatic heterocycles. The molecule has 1 aromatic rings. The summed E-state index contributed by atoms with van der Waals surface area (Å²) in [5.74, 6) is -0.958. The summed E-state index contributed by atoms with van der Waals surface area (Å²) in [4.78, 5) is 13.2. The number of imidazole rings is 1. The fourth-order valence-electron chi connectivity index (χ4n) is 1.77. The van der Waals surface area contributed by atoms with Crippen LogP contribution >= 0.6 is 23.6 Å². The van der Waals surface area contributed by atoms with E-state index in [4.69, 9.17) is 4.52 Å². The third-order valence-corrected chi connectivity index (χ3v) is 4.97. The average molecular weight is 452 g/mol. The van der Waals surface area contributed by atoms with E-state index in [1.165, 1.54) is 0 Å². The first kappa shape index (κ1) is 22.0. The molecule has 0 saturated heterocycles. The molecule has 1 atom stereocenters. The third-order valence-electron chi connectivity index (χ3n) is 2.80. The smallest absolute Gasteiger partial charge is 0.390 e. The number of alkyl halides is 4. The predicted molar refractivity (Wildman–Crippen MR) is 87.4 cm³/mol. The van der Waals surface area contributed by atoms with Crippen LogP contribution in [0.2, 0.25) is 0 Å². The van der Waals surface area contributed by atoms with Crippen LogP contribution in [-0.2, 0) is 22.2 Å². The number of hydrogen-bond acceptors (Lipinski definition) is 5. The average Bonchev–Trinajstić information content (AvgIpc) is 2.90. The Balaban J connectivity index is 2.96. The minimum atomic E-state index is -4.68. The van der Waals surface area contributed by atoms with Crippen molar-refractivity contribution >= 4 is 29.5 Å². The van der Waals surface area contributed by atoms with E-state index in [2.05, 4.69) is 31.1 Å². The molecule has 0 amide bonds. The summed E-state index contributed by atoms with van der Waals surface area (Å²) < 4.78 is 56.2. The van der Waals surface area contributed by atoms with Crippen molar-refractivity contribution in [3.8, 4) is 0 Å². The molecule has 144 valence electrons. The molecule has 0 aromatic carbocycles. The fraction of sp³-hybridized carbons (Fsp3) is 0.727. The van der Waals surface area contributed by atoms with Crippen molar-refractivity contribution in [3.63, 3.8) is 0 Å². The van der Waals surface area contributed by atoms with Gasteiger partial charge in [-0.2, -0.15) is 13.2 Å². The van der Waals surface area contributed by atoms with Crippen LogP contribution in [0.15, 0.2) is 6.20 Å². The third kappa shape index (κ3) is 7.40. The highest BCUT2D eigenvalue weighted by atomic mass is 79.9. The zero-order valence-corrected chi connectivity index (χ0v) is 15.7. The molecule has 25 heavy (non-hydrogen) atoms. The minimum Gasteiger partial charge on any atom is -0.390 e. The molecule has 2 N–H and O–H groups in total. The summed E-state index contributed by atoms with van der Waals surface area (Å²) in [6.45, 7) is 0.345. The summed E-state index contributed by atoms with van der Waals surface area (Å²) >= 11 is 3.15. The zero-order valence-electron chi connectivity index (χ0n) is 13.3. The molecule has 0 spiro atoms. The van der Waals surface area contributed by atoms with E-state index >= 15 is 0 Å². The number of nitro groups is 1. The number of nitrogens with one attached hydrogen (secondary N) is 2. The van der Waals surface area contributed by atoms with Gasteiger partial charge in [-0.25, -0.2) is 14.7 Å². The molecule has 14 heteroatoms. The van der Waals surface area contributed by atoms with Crippen LogP contribution in [0.3, 0.4) is 0 Å². The Labute approximate surface area is 150 Å². The maximum atomic E-state index is 12.7. The lowest BCUT2D eigenvalue weighted by Gasteiger charge is -2.19. The Bertz CT molecular complexity index is 615. The summed E-state index contributed by atoms with van der Waals surface area (Å²) in [7, 11) is -3.53. The Kier molecular flexibility index (Phi) is 8.48. The van der Waals surface area contributed by atoms with E-state index < -0.39 is 37.9 Å². The van der Waals surface area contributed by atoms with Gasteiger partial charge in [0.2, 0.25) is 0 Å². The van der Waals surface area contributed by atoms with E-state index in [9.17, 15) is 27.9 Å². The molecule has 0 aliphatic carbocycles. The predicted octanol–water partition coefficient (Wildman–Crippen LogP) is 2.96. The Morgan fingerprint density at radius 2 is 2.08 bits per heavy atom. The van der Waals surface area contributed by atoms with Gasteiger partial charge in [0, 0.05) is 18.4 Å². The summed E-state index contributed by atoms with van der Waals surface area (Å²) in [6, 6.07) is 0. The van der Waals surface area contributed by atoms with Gasteiger partial charge >= 0.3 is 19.8 Å². The molecule has 0 radical (unpaired) electrons. The van der Waals surface area contributed by atoms with Crippen LogP contribution in [0.1, 0.15) is 19.0 Å². The van der Waals surface area contributed by atoms with E-state index in [0.717, 1.165) is 6.20 Å². The summed E-state index contributed by atoms with van der Waals surface area (Å²) in [5.41, 5.74) is -0.205. The van der Waals surface area contributed by atoms with E-state index in [1.807, 2.05) is 6.92 Å². The maximum absolute atomic E-state index is 12.7. The van der Waals surface area contributed by atoms with Crippen molar-refractivity contribution in [3.05, 3.63) is 22.0 Å². The van der Waals surface area contributed by atoms with Gasteiger partial charge in [0.05, 0.1) is 0 Å². The van der Waals surface area contributed by atoms with Gasteiger partial charge in [-0.15, -0.1) is 0 Å². The fourth-order valence-corrected chi connectivity index (χ4v) is 3.80. The second-order valence-electron chi connectivity index (χ2n) is 4.84. The lowest BCUT2D eigenvalue weighted by molar-refractivity contribution is -0.397. The van der Waals surface area contributed by atoms with Crippen molar-refractivity contribution < 1.29 is 27.2 Å². The van der Waals surface area contributed by atoms with Gasteiger partial charge < -0.3 is 10.1 Å². The highest BCUT2D eigenvalue weighted by molar-refractivity contribution is 9.09. The molecule has 0 fully saturated rings. The highest BCUT2D eigenvalue weighted by Gasteiger charge is 2.36. The molecule has 1 unspecified atom stereocenters. The molecular weight excluding hydrogens is 434 g/mol. The van der Waals surface area contributed by atoms with Crippen LogP contribution in [0.25, 0.3) is 0 Å². The first-order valence-corrected chi connectivity index (χ1v) is 9.93. The monoisotopic (exact) mass is 451 g/mol. The standard InChI is InChI=1S/C11H18BrF3N5O4P/c1-2-4-17-25(23,18-5-3-12)24-7-9-6-16-10(20(21)22)19(9)8-11(13,14)15/h6H,2-5,7-8H2,1H3,(H2,17,18,23). The van der Waals surface area contributed by atoms with E-state index in [-0.39, 0.29) is 12.2 Å². The SMILES string of the molecule is CCCNP(=O)(NCCBr)OCc1cnc([N+](=O)[O-])n1CC(F)(F)F. The highest BCUT2D eigenvalue weighted by Crippen LogP contribution is 2.38. The van der Waals surface area contributed by atoms with Gasteiger partial charge in [-0.3, -0.25) is 9.09 Å². The lowest BCUT2D eigenvalue weighted by atomic mass is 10.4. The number of halogens is 4. The number of nitrogens with zero attached hydrogens (tertiary/aromatic N) is 3. The second-order valence-corrected chi connectivity index (χ2v) is 7.62. The maximum Gasteiger partial charge on any atom is 0.435 e.